The molecule has 1 saturated heterocycles. The summed E-state index contributed by atoms with van der Waals surface area (Å²) in [5.74, 6) is -0.560. The van der Waals surface area contributed by atoms with Crippen LogP contribution in [0.3, 0.4) is 0 Å². The second kappa shape index (κ2) is 14.1. The topological polar surface area (TPSA) is 137 Å². The van der Waals surface area contributed by atoms with E-state index in [1.165, 1.54) is 15.0 Å². The average molecular weight is 754 g/mol. The highest BCUT2D eigenvalue weighted by Crippen LogP contribution is 2.38. The molecular weight excluding hydrogens is 716 g/mol. The van der Waals surface area contributed by atoms with Crippen LogP contribution in [0.5, 0.6) is 0 Å². The Bertz CT molecular complexity index is 2130. The van der Waals surface area contributed by atoms with Gasteiger partial charge < -0.3 is 19.9 Å². The molecule has 0 saturated carbocycles. The first-order valence-electron chi connectivity index (χ1n) is 17.0. The average Bonchev–Trinajstić information content (AvgIpc) is 3.91. The van der Waals surface area contributed by atoms with Gasteiger partial charge in [0.25, 0.3) is 5.91 Å². The molecule has 7 rings (SSSR count). The lowest BCUT2D eigenvalue weighted by molar-refractivity contribution is -0.142. The zero-order valence-corrected chi connectivity index (χ0v) is 30.7. The van der Waals surface area contributed by atoms with E-state index in [-0.39, 0.29) is 29.7 Å². The van der Waals surface area contributed by atoms with Gasteiger partial charge in [-0.3, -0.25) is 9.69 Å². The molecule has 0 spiro atoms. The van der Waals surface area contributed by atoms with Gasteiger partial charge in [-0.25, -0.2) is 19.1 Å². The molecule has 274 valence electrons. The summed E-state index contributed by atoms with van der Waals surface area (Å²) in [6.45, 7) is 8.60. The molecule has 1 unspecified atom stereocenters. The maximum Gasteiger partial charge on any atom is 0.435 e. The van der Waals surface area contributed by atoms with Crippen LogP contribution in [0.25, 0.3) is 32.7 Å². The van der Waals surface area contributed by atoms with Gasteiger partial charge in [0.05, 0.1) is 17.4 Å². The molecule has 2 N–H and O–H groups in total. The highest BCUT2D eigenvalue weighted by atomic mass is 32.1. The van der Waals surface area contributed by atoms with E-state index in [1.807, 2.05) is 30.3 Å². The zero-order chi connectivity index (χ0) is 36.8. The first-order chi connectivity index (χ1) is 24.7. The Labute approximate surface area is 302 Å². The minimum absolute atomic E-state index is 0.0196. The molecule has 52 heavy (non-hydrogen) atoms. The SMILES string of the molecule is C[Si](C)(C)CCOCn1ncc2cc(-c3ccc4c(c3)CN(C(=O)O)C4)c(NC(=O)c3csc(-c4cc(C(F)(F)F)nn4C4CCCCO4)n3)cc21. The van der Waals surface area contributed by atoms with Crippen LogP contribution in [0.2, 0.25) is 25.7 Å². The fraction of sp³-hybridized carbons (Fsp3) is 0.400. The summed E-state index contributed by atoms with van der Waals surface area (Å²) in [5.41, 5.74) is 3.46. The Hall–Kier alpha value is -4.58. The maximum atomic E-state index is 13.9. The van der Waals surface area contributed by atoms with Gasteiger partial charge in [-0.05, 0) is 66.3 Å². The molecule has 5 heterocycles. The van der Waals surface area contributed by atoms with Crippen molar-refractivity contribution in [2.75, 3.05) is 18.5 Å². The monoisotopic (exact) mass is 753 g/mol. The fourth-order valence-corrected chi connectivity index (χ4v) is 7.87. The molecule has 2 aliphatic heterocycles. The number of rotatable bonds is 10. The quantitative estimate of drug-likeness (QED) is 0.107. The summed E-state index contributed by atoms with van der Waals surface area (Å²) >= 11 is 1.04. The minimum Gasteiger partial charge on any atom is -0.465 e. The summed E-state index contributed by atoms with van der Waals surface area (Å²) in [6.07, 6.45) is -2.51. The second-order valence-electron chi connectivity index (χ2n) is 14.2. The molecule has 1 fully saturated rings. The van der Waals surface area contributed by atoms with Crippen molar-refractivity contribution >= 4 is 48.0 Å². The third kappa shape index (κ3) is 7.62. The van der Waals surface area contributed by atoms with Gasteiger partial charge in [0.2, 0.25) is 0 Å². The number of hydrogen-bond acceptors (Lipinski definition) is 8. The number of aromatic nitrogens is 5. The lowest BCUT2D eigenvalue weighted by Gasteiger charge is -2.24. The first kappa shape index (κ1) is 35.8. The van der Waals surface area contributed by atoms with Gasteiger partial charge in [0.1, 0.15) is 23.1 Å². The number of nitrogens with zero attached hydrogens (tertiary/aromatic N) is 6. The summed E-state index contributed by atoms with van der Waals surface area (Å²) in [6, 6.07) is 11.4. The molecule has 1 atom stereocenters. The number of carbonyl (C=O) groups excluding carboxylic acids is 1. The smallest absolute Gasteiger partial charge is 0.435 e. The molecule has 3 aromatic heterocycles. The number of carbonyl (C=O) groups is 2. The maximum absolute atomic E-state index is 13.9. The Morgan fingerprint density at radius 2 is 1.92 bits per heavy atom. The first-order valence-corrected chi connectivity index (χ1v) is 21.6. The van der Waals surface area contributed by atoms with Crippen molar-refractivity contribution < 1.29 is 37.3 Å². The summed E-state index contributed by atoms with van der Waals surface area (Å²) in [4.78, 5) is 31.3. The van der Waals surface area contributed by atoms with Crippen LogP contribution in [0.4, 0.5) is 23.7 Å². The van der Waals surface area contributed by atoms with E-state index in [1.54, 1.807) is 10.9 Å². The van der Waals surface area contributed by atoms with Crippen LogP contribution in [0.15, 0.2) is 48.0 Å². The number of thiazole rings is 1. The van der Waals surface area contributed by atoms with E-state index in [2.05, 4.69) is 40.1 Å². The van der Waals surface area contributed by atoms with E-state index in [0.717, 1.165) is 63.9 Å². The highest BCUT2D eigenvalue weighted by molar-refractivity contribution is 7.13. The van der Waals surface area contributed by atoms with Crippen LogP contribution in [0.1, 0.15) is 52.8 Å². The van der Waals surface area contributed by atoms with Crippen LogP contribution in [0, 0.1) is 0 Å². The number of alkyl halides is 3. The van der Waals surface area contributed by atoms with Gasteiger partial charge in [0, 0.05) is 50.7 Å². The van der Waals surface area contributed by atoms with E-state index in [9.17, 15) is 27.9 Å². The molecule has 12 nitrogen and oxygen atoms in total. The molecule has 0 radical (unpaired) electrons. The number of nitrogens with one attached hydrogen (secondary N) is 1. The Kier molecular flexibility index (Phi) is 9.71. The fourth-order valence-electron chi connectivity index (χ4n) is 6.31. The number of amides is 2. The summed E-state index contributed by atoms with van der Waals surface area (Å²) in [5, 5.41) is 23.4. The number of fused-ring (bicyclic) bond motifs is 2. The van der Waals surface area contributed by atoms with Crippen LogP contribution in [-0.4, -0.2) is 67.8 Å². The van der Waals surface area contributed by atoms with Crippen LogP contribution < -0.4 is 5.32 Å². The molecule has 17 heteroatoms. The van der Waals surface area contributed by atoms with Gasteiger partial charge >= 0.3 is 12.3 Å². The number of hydrogen-bond donors (Lipinski definition) is 2. The number of carboxylic acid groups (broad SMARTS) is 1. The van der Waals surface area contributed by atoms with E-state index < -0.39 is 38.2 Å². The number of halogens is 3. The number of benzene rings is 2. The summed E-state index contributed by atoms with van der Waals surface area (Å²) in [7, 11) is -1.30. The highest BCUT2D eigenvalue weighted by Gasteiger charge is 2.37. The lowest BCUT2D eigenvalue weighted by atomic mass is 9.98. The van der Waals surface area contributed by atoms with Crippen LogP contribution >= 0.6 is 11.3 Å². The number of ether oxygens (including phenoxy) is 2. The Morgan fingerprint density at radius 1 is 1.12 bits per heavy atom. The molecular formula is C35H38F3N7O5SSi. The van der Waals surface area contributed by atoms with Crippen molar-refractivity contribution in [3.63, 3.8) is 0 Å². The lowest BCUT2D eigenvalue weighted by Crippen LogP contribution is -2.22. The molecule has 0 aliphatic carbocycles. The van der Waals surface area contributed by atoms with E-state index >= 15 is 0 Å². The molecule has 2 aromatic carbocycles. The van der Waals surface area contributed by atoms with Gasteiger partial charge in [-0.1, -0.05) is 31.8 Å². The van der Waals surface area contributed by atoms with Gasteiger partial charge in [-0.15, -0.1) is 11.3 Å². The molecule has 2 amide bonds. The van der Waals surface area contributed by atoms with Crippen molar-refractivity contribution in [2.45, 2.75) is 77.2 Å². The number of anilines is 1. The van der Waals surface area contributed by atoms with Crippen molar-refractivity contribution in [3.8, 4) is 21.8 Å². The predicted octanol–water partition coefficient (Wildman–Crippen LogP) is 8.30. The van der Waals surface area contributed by atoms with Crippen molar-refractivity contribution in [2.24, 2.45) is 0 Å². The molecule has 5 aromatic rings. The van der Waals surface area contributed by atoms with Crippen LogP contribution in [-0.2, 0) is 35.5 Å². The molecule has 0 bridgehead atoms. The minimum atomic E-state index is -4.67. The van der Waals surface area contributed by atoms with Gasteiger partial charge in [-0.2, -0.15) is 23.4 Å². The summed E-state index contributed by atoms with van der Waals surface area (Å²) < 4.78 is 55.9. The molecule has 2 aliphatic rings. The Balaban J connectivity index is 1.21. The van der Waals surface area contributed by atoms with E-state index in [4.69, 9.17) is 9.47 Å². The third-order valence-electron chi connectivity index (χ3n) is 9.16. The standard InChI is InChI=1S/C35H38F3N7O5SSi/c1-52(2,3)11-10-49-20-44-28-14-26(25(13-23(28)16-39-44)21-7-8-22-17-43(34(47)48)18-24(22)12-21)40-32(46)27-19-51-33(41-27)29-15-30(35(36,37)38)42-45(29)31-6-4-5-9-50-31/h7-8,12-16,19,31H,4-6,9-11,17-18,20H2,1-3H3,(H,40,46)(H,47,48). The van der Waals surface area contributed by atoms with Crippen molar-refractivity contribution in [3.05, 3.63) is 70.5 Å². The largest absolute Gasteiger partial charge is 0.465 e. The van der Waals surface area contributed by atoms with Crippen molar-refractivity contribution in [1.82, 2.24) is 29.4 Å². The second-order valence-corrected chi connectivity index (χ2v) is 20.7. The Morgan fingerprint density at radius 3 is 2.65 bits per heavy atom. The van der Waals surface area contributed by atoms with E-state index in [0.29, 0.717) is 37.4 Å². The third-order valence-corrected chi connectivity index (χ3v) is 11.7. The predicted molar refractivity (Wildman–Crippen MR) is 192 cm³/mol. The normalized spacial score (nSPS) is 16.4. The zero-order valence-electron chi connectivity index (χ0n) is 28.9. The van der Waals surface area contributed by atoms with Crippen molar-refractivity contribution in [1.29, 1.82) is 0 Å². The van der Waals surface area contributed by atoms with Gasteiger partial charge in [0.15, 0.2) is 11.9 Å².